The van der Waals surface area contributed by atoms with Gasteiger partial charge in [0, 0.05) is 22.2 Å². The Balaban J connectivity index is 1.37. The molecule has 0 N–H and O–H groups in total. The summed E-state index contributed by atoms with van der Waals surface area (Å²) in [6.45, 7) is 0. The van der Waals surface area contributed by atoms with Crippen LogP contribution in [0, 0.1) is 0 Å². The summed E-state index contributed by atoms with van der Waals surface area (Å²) < 4.78 is 8.01. The van der Waals surface area contributed by atoms with Crippen LogP contribution in [0.3, 0.4) is 0 Å². The van der Waals surface area contributed by atoms with E-state index in [9.17, 15) is 9.59 Å². The van der Waals surface area contributed by atoms with Crippen LogP contribution in [0.1, 0.15) is 16.1 Å². The van der Waals surface area contributed by atoms with Crippen molar-refractivity contribution in [2.75, 3.05) is 0 Å². The van der Waals surface area contributed by atoms with Crippen molar-refractivity contribution in [3.05, 3.63) is 148 Å². The quantitative estimate of drug-likeness (QED) is 0.188. The molecule has 7 aromatic rings. The third-order valence-corrected chi connectivity index (χ3v) is 7.43. The number of fused-ring (bicyclic) bond motifs is 1. The molecule has 0 saturated heterocycles. The summed E-state index contributed by atoms with van der Waals surface area (Å²) in [5.74, 6) is 0.323. The van der Waals surface area contributed by atoms with Gasteiger partial charge in [-0.1, -0.05) is 83.5 Å². The van der Waals surface area contributed by atoms with Gasteiger partial charge >= 0.3 is 0 Å². The summed E-state index contributed by atoms with van der Waals surface area (Å²) in [7, 11) is 0. The van der Waals surface area contributed by atoms with Gasteiger partial charge in [0.15, 0.2) is 11.4 Å². The van der Waals surface area contributed by atoms with Crippen molar-refractivity contribution >= 4 is 28.4 Å². The van der Waals surface area contributed by atoms with E-state index >= 15 is 0 Å². The molecule has 0 unspecified atom stereocenters. The second-order valence-corrected chi connectivity index (χ2v) is 10.4. The Morgan fingerprint density at radius 3 is 2.28 bits per heavy atom. The molecule has 0 amide bonds. The van der Waals surface area contributed by atoms with E-state index in [1.54, 1.807) is 57.8 Å². The molecule has 0 spiro atoms. The number of halogens is 1. The molecule has 9 heteroatoms. The fraction of sp³-hybridized carbons (Fsp3) is 0.0294. The summed E-state index contributed by atoms with van der Waals surface area (Å²) in [5, 5.41) is 9.25. The fourth-order valence-electron chi connectivity index (χ4n) is 5.03. The van der Waals surface area contributed by atoms with E-state index in [0.29, 0.717) is 44.5 Å². The maximum atomic E-state index is 14.1. The Morgan fingerprint density at radius 2 is 1.53 bits per heavy atom. The number of benzene rings is 4. The molecule has 0 saturated carbocycles. The molecule has 0 aliphatic heterocycles. The van der Waals surface area contributed by atoms with Gasteiger partial charge < -0.3 is 4.52 Å². The number of hydrogen-bond acceptors (Lipinski definition) is 6. The topological polar surface area (TPSA) is 95.8 Å². The number of carbonyl (C=O) groups is 1. The van der Waals surface area contributed by atoms with Gasteiger partial charge in [-0.2, -0.15) is 5.10 Å². The van der Waals surface area contributed by atoms with Crippen LogP contribution in [-0.2, 0) is 6.42 Å². The van der Waals surface area contributed by atoms with Crippen LogP contribution in [0.4, 0.5) is 0 Å². The van der Waals surface area contributed by atoms with Crippen molar-refractivity contribution in [3.8, 4) is 33.9 Å². The Morgan fingerprint density at radius 1 is 0.791 bits per heavy atom. The smallest absolute Gasteiger partial charge is 0.269 e. The molecule has 208 valence electrons. The Hall–Kier alpha value is -5.60. The van der Waals surface area contributed by atoms with E-state index in [0.717, 1.165) is 16.7 Å². The monoisotopic (exact) mass is 583 g/mol. The normalized spacial score (nSPS) is 11.2. The van der Waals surface area contributed by atoms with Crippen LogP contribution >= 0.6 is 11.6 Å². The Bertz CT molecular complexity index is 2130. The minimum Gasteiger partial charge on any atom is -0.364 e. The molecular weight excluding hydrogens is 562 g/mol. The third-order valence-electron chi connectivity index (χ3n) is 7.18. The van der Waals surface area contributed by atoms with Gasteiger partial charge in [0.05, 0.1) is 29.7 Å². The molecule has 0 radical (unpaired) electrons. The van der Waals surface area contributed by atoms with Gasteiger partial charge in [-0.3, -0.25) is 14.2 Å². The van der Waals surface area contributed by atoms with E-state index in [1.807, 2.05) is 60.7 Å². The van der Waals surface area contributed by atoms with Crippen molar-refractivity contribution in [1.82, 2.24) is 24.5 Å². The summed E-state index contributed by atoms with van der Waals surface area (Å²) in [6.07, 6.45) is 3.04. The summed E-state index contributed by atoms with van der Waals surface area (Å²) in [6, 6.07) is 33.7. The van der Waals surface area contributed by atoms with Gasteiger partial charge in [-0.15, -0.1) is 0 Å². The van der Waals surface area contributed by atoms with Crippen LogP contribution < -0.4 is 5.56 Å². The number of Topliss-reactive ketones (excluding diaryl/α,β-unsaturated/α-hetero) is 1. The van der Waals surface area contributed by atoms with Gasteiger partial charge in [-0.05, 0) is 47.5 Å². The van der Waals surface area contributed by atoms with Crippen LogP contribution in [-0.4, -0.2) is 30.3 Å². The average Bonchev–Trinajstić information content (AvgIpc) is 3.73. The zero-order valence-electron chi connectivity index (χ0n) is 22.6. The number of rotatable bonds is 7. The first-order valence-electron chi connectivity index (χ1n) is 13.5. The highest BCUT2D eigenvalue weighted by Gasteiger charge is 2.19. The molecule has 8 nitrogen and oxygen atoms in total. The van der Waals surface area contributed by atoms with Crippen LogP contribution in [0.2, 0.25) is 5.02 Å². The van der Waals surface area contributed by atoms with Crippen molar-refractivity contribution < 1.29 is 9.32 Å². The van der Waals surface area contributed by atoms with Crippen LogP contribution in [0.5, 0.6) is 0 Å². The van der Waals surface area contributed by atoms with E-state index in [2.05, 4.69) is 10.3 Å². The third kappa shape index (κ3) is 5.05. The molecule has 0 aliphatic carbocycles. The van der Waals surface area contributed by atoms with Crippen LogP contribution in [0.15, 0.2) is 131 Å². The minimum atomic E-state index is -0.279. The molecule has 0 bridgehead atoms. The largest absolute Gasteiger partial charge is 0.364 e. The van der Waals surface area contributed by atoms with E-state index in [1.165, 1.54) is 12.5 Å². The lowest BCUT2D eigenvalue weighted by atomic mass is 10.0. The summed E-state index contributed by atoms with van der Waals surface area (Å²) >= 11 is 6.16. The summed E-state index contributed by atoms with van der Waals surface area (Å²) in [4.78, 5) is 32.0. The van der Waals surface area contributed by atoms with Gasteiger partial charge in [-0.25, -0.2) is 9.67 Å². The first kappa shape index (κ1) is 26.3. The molecular formula is C34H22ClN5O3. The first-order valence-corrected chi connectivity index (χ1v) is 13.9. The number of ketones is 1. The molecule has 0 fully saturated rings. The van der Waals surface area contributed by atoms with E-state index in [-0.39, 0.29) is 17.8 Å². The van der Waals surface area contributed by atoms with Crippen molar-refractivity contribution in [1.29, 1.82) is 0 Å². The molecule has 0 atom stereocenters. The molecule has 3 aromatic heterocycles. The zero-order chi connectivity index (χ0) is 29.3. The lowest BCUT2D eigenvalue weighted by Crippen LogP contribution is -2.22. The van der Waals surface area contributed by atoms with E-state index < -0.39 is 0 Å². The van der Waals surface area contributed by atoms with Crippen molar-refractivity contribution in [2.24, 2.45) is 0 Å². The first-order chi connectivity index (χ1) is 21.0. The number of hydrogen-bond donors (Lipinski definition) is 0. The molecule has 4 aromatic carbocycles. The summed E-state index contributed by atoms with van der Waals surface area (Å²) in [5.41, 5.74) is 5.23. The molecule has 0 aliphatic rings. The Labute approximate surface area is 250 Å². The van der Waals surface area contributed by atoms with E-state index in [4.69, 9.17) is 21.1 Å². The highest BCUT2D eigenvalue weighted by atomic mass is 35.5. The minimum absolute atomic E-state index is 0.104. The SMILES string of the molecule is O=C(Cc1ccon1)c1cccc(-n2ncc3c(=O)n(-c4ccc(Cl)cc4)c(-c4ccc(-c5ccccc5)cc4)nc32)c1. The molecule has 7 rings (SSSR count). The van der Waals surface area contributed by atoms with Gasteiger partial charge in [0.2, 0.25) is 0 Å². The standard InChI is InChI=1S/C34H22ClN5O3/c35-26-13-15-28(16-14-26)39-32(24-11-9-23(10-12-24)22-5-2-1-3-6-22)37-33-30(34(39)42)21-36-40(33)29-8-4-7-25(19-29)31(41)20-27-17-18-43-38-27/h1-19,21H,20H2. The van der Waals surface area contributed by atoms with Crippen molar-refractivity contribution in [2.45, 2.75) is 6.42 Å². The predicted octanol–water partition coefficient (Wildman–Crippen LogP) is 6.97. The lowest BCUT2D eigenvalue weighted by molar-refractivity contribution is 0.0990. The molecule has 3 heterocycles. The van der Waals surface area contributed by atoms with Gasteiger partial charge in [0.25, 0.3) is 5.56 Å². The fourth-order valence-corrected chi connectivity index (χ4v) is 5.15. The lowest BCUT2D eigenvalue weighted by Gasteiger charge is -2.14. The number of aromatic nitrogens is 5. The van der Waals surface area contributed by atoms with Crippen molar-refractivity contribution in [3.63, 3.8) is 0 Å². The number of nitrogens with zero attached hydrogens (tertiary/aromatic N) is 5. The highest BCUT2D eigenvalue weighted by Crippen LogP contribution is 2.27. The second kappa shape index (κ2) is 11.0. The maximum absolute atomic E-state index is 14.1. The predicted molar refractivity (Wildman–Crippen MR) is 165 cm³/mol. The zero-order valence-corrected chi connectivity index (χ0v) is 23.3. The number of carbonyl (C=O) groups excluding carboxylic acids is 1. The molecule has 43 heavy (non-hydrogen) atoms. The Kier molecular flexibility index (Phi) is 6.73. The average molecular weight is 584 g/mol. The maximum Gasteiger partial charge on any atom is 0.269 e. The van der Waals surface area contributed by atoms with Crippen LogP contribution in [0.25, 0.3) is 44.9 Å². The highest BCUT2D eigenvalue weighted by molar-refractivity contribution is 6.30. The van der Waals surface area contributed by atoms with Gasteiger partial charge in [0.1, 0.15) is 17.5 Å². The second-order valence-electron chi connectivity index (χ2n) is 9.93.